The lowest BCUT2D eigenvalue weighted by Gasteiger charge is -2.02. The lowest BCUT2D eigenvalue weighted by molar-refractivity contribution is 0.211. The molecule has 0 saturated carbocycles. The standard InChI is InChI=1S/C10H13NOS/c12-9-4-2-1-3-8(5-9)10-6-13-7-11-10/h5-7,9,12H,1-4H2. The van der Waals surface area contributed by atoms with Gasteiger partial charge in [-0.05, 0) is 24.8 Å². The van der Waals surface area contributed by atoms with Gasteiger partial charge < -0.3 is 5.11 Å². The van der Waals surface area contributed by atoms with E-state index in [0.717, 1.165) is 25.0 Å². The molecule has 2 nitrogen and oxygen atoms in total. The zero-order chi connectivity index (χ0) is 9.10. The molecule has 1 aromatic rings. The highest BCUT2D eigenvalue weighted by Crippen LogP contribution is 2.25. The van der Waals surface area contributed by atoms with Crippen molar-refractivity contribution in [3.05, 3.63) is 22.7 Å². The van der Waals surface area contributed by atoms with E-state index in [-0.39, 0.29) is 6.10 Å². The van der Waals surface area contributed by atoms with Gasteiger partial charge in [0.25, 0.3) is 0 Å². The first kappa shape index (κ1) is 8.91. The molecule has 1 atom stereocenters. The summed E-state index contributed by atoms with van der Waals surface area (Å²) in [5.41, 5.74) is 4.10. The van der Waals surface area contributed by atoms with E-state index in [2.05, 4.69) is 4.98 Å². The molecule has 1 aromatic heterocycles. The lowest BCUT2D eigenvalue weighted by atomic mass is 10.1. The molecule has 1 N–H and O–H groups in total. The third kappa shape index (κ3) is 2.17. The largest absolute Gasteiger partial charge is 0.389 e. The van der Waals surface area contributed by atoms with Crippen molar-refractivity contribution in [2.75, 3.05) is 0 Å². The van der Waals surface area contributed by atoms with Gasteiger partial charge in [-0.3, -0.25) is 0 Å². The predicted molar refractivity (Wildman–Crippen MR) is 54.6 cm³/mol. The normalized spacial score (nSPS) is 23.8. The summed E-state index contributed by atoms with van der Waals surface area (Å²) in [5, 5.41) is 11.6. The van der Waals surface area contributed by atoms with Gasteiger partial charge in [0, 0.05) is 5.38 Å². The molecule has 0 fully saturated rings. The van der Waals surface area contributed by atoms with Crippen molar-refractivity contribution in [3.8, 4) is 0 Å². The maximum Gasteiger partial charge on any atom is 0.0798 e. The molecular formula is C10H13NOS. The van der Waals surface area contributed by atoms with Crippen LogP contribution in [-0.4, -0.2) is 16.2 Å². The van der Waals surface area contributed by atoms with Crippen molar-refractivity contribution >= 4 is 16.9 Å². The van der Waals surface area contributed by atoms with Gasteiger partial charge in [0.05, 0.1) is 17.3 Å². The fourth-order valence-corrected chi connectivity index (χ4v) is 2.23. The van der Waals surface area contributed by atoms with Crippen molar-refractivity contribution in [1.29, 1.82) is 0 Å². The Hall–Kier alpha value is -0.670. The first-order valence-corrected chi connectivity index (χ1v) is 5.58. The van der Waals surface area contributed by atoms with Gasteiger partial charge in [0.1, 0.15) is 0 Å². The predicted octanol–water partition coefficient (Wildman–Crippen LogP) is 2.46. The Kier molecular flexibility index (Phi) is 2.76. The molecule has 2 rings (SSSR count). The molecule has 1 aliphatic carbocycles. The van der Waals surface area contributed by atoms with Crippen LogP contribution in [0.1, 0.15) is 31.4 Å². The van der Waals surface area contributed by atoms with Crippen molar-refractivity contribution < 1.29 is 5.11 Å². The summed E-state index contributed by atoms with van der Waals surface area (Å²) in [5.74, 6) is 0. The number of rotatable bonds is 1. The Bertz CT molecular complexity index is 292. The van der Waals surface area contributed by atoms with Crippen LogP contribution in [0.5, 0.6) is 0 Å². The van der Waals surface area contributed by atoms with E-state index < -0.39 is 0 Å². The highest BCUT2D eigenvalue weighted by Gasteiger charge is 2.11. The van der Waals surface area contributed by atoms with Gasteiger partial charge in [-0.15, -0.1) is 11.3 Å². The van der Waals surface area contributed by atoms with Crippen molar-refractivity contribution in [2.24, 2.45) is 0 Å². The average molecular weight is 195 g/mol. The highest BCUT2D eigenvalue weighted by atomic mass is 32.1. The molecule has 1 aliphatic rings. The highest BCUT2D eigenvalue weighted by molar-refractivity contribution is 7.07. The second-order valence-electron chi connectivity index (χ2n) is 3.38. The maximum atomic E-state index is 9.56. The second kappa shape index (κ2) is 4.03. The minimum absolute atomic E-state index is 0.265. The third-order valence-corrected chi connectivity index (χ3v) is 2.94. The maximum absolute atomic E-state index is 9.56. The van der Waals surface area contributed by atoms with Gasteiger partial charge in [-0.1, -0.05) is 12.5 Å². The SMILES string of the molecule is OC1C=C(c2cscn2)CCCC1. The van der Waals surface area contributed by atoms with Crippen LogP contribution in [0, 0.1) is 0 Å². The molecule has 70 valence electrons. The fourth-order valence-electron chi connectivity index (χ4n) is 1.65. The number of hydrogen-bond donors (Lipinski definition) is 1. The molecule has 0 bridgehead atoms. The summed E-state index contributed by atoms with van der Waals surface area (Å²) in [4.78, 5) is 4.26. The smallest absolute Gasteiger partial charge is 0.0798 e. The monoisotopic (exact) mass is 195 g/mol. The van der Waals surface area contributed by atoms with Crippen LogP contribution in [0.15, 0.2) is 17.0 Å². The van der Waals surface area contributed by atoms with Gasteiger partial charge in [0.2, 0.25) is 0 Å². The summed E-state index contributed by atoms with van der Waals surface area (Å²) < 4.78 is 0. The molecule has 0 radical (unpaired) electrons. The van der Waals surface area contributed by atoms with Crippen LogP contribution in [0.4, 0.5) is 0 Å². The minimum Gasteiger partial charge on any atom is -0.389 e. The Labute approximate surface area is 81.9 Å². The van der Waals surface area contributed by atoms with Crippen molar-refractivity contribution in [3.63, 3.8) is 0 Å². The van der Waals surface area contributed by atoms with E-state index in [1.54, 1.807) is 11.3 Å². The van der Waals surface area contributed by atoms with Crippen LogP contribution < -0.4 is 0 Å². The number of thiazole rings is 1. The summed E-state index contributed by atoms with van der Waals surface area (Å²) in [6.45, 7) is 0. The molecule has 0 spiro atoms. The van der Waals surface area contributed by atoms with Gasteiger partial charge in [-0.2, -0.15) is 0 Å². The molecule has 13 heavy (non-hydrogen) atoms. The molecule has 0 saturated heterocycles. The molecule has 3 heteroatoms. The fraction of sp³-hybridized carbons (Fsp3) is 0.500. The van der Waals surface area contributed by atoms with E-state index in [0.29, 0.717) is 0 Å². The van der Waals surface area contributed by atoms with Crippen LogP contribution in [0.2, 0.25) is 0 Å². The van der Waals surface area contributed by atoms with Crippen molar-refractivity contribution in [2.45, 2.75) is 31.8 Å². The summed E-state index contributed by atoms with van der Waals surface area (Å²) >= 11 is 1.61. The summed E-state index contributed by atoms with van der Waals surface area (Å²) in [6.07, 6.45) is 5.93. The van der Waals surface area contributed by atoms with Crippen molar-refractivity contribution in [1.82, 2.24) is 4.98 Å². The number of hydrogen-bond acceptors (Lipinski definition) is 3. The molecule has 1 heterocycles. The first-order chi connectivity index (χ1) is 6.36. The van der Waals surface area contributed by atoms with E-state index in [1.165, 1.54) is 12.0 Å². The molecule has 0 amide bonds. The molecule has 1 unspecified atom stereocenters. The second-order valence-corrected chi connectivity index (χ2v) is 4.10. The van der Waals surface area contributed by atoms with Crippen LogP contribution in [0.3, 0.4) is 0 Å². The molecule has 0 aliphatic heterocycles. The average Bonchev–Trinajstić information content (AvgIpc) is 2.56. The number of aromatic nitrogens is 1. The van der Waals surface area contributed by atoms with Crippen LogP contribution in [-0.2, 0) is 0 Å². The van der Waals surface area contributed by atoms with Gasteiger partial charge in [-0.25, -0.2) is 4.98 Å². The zero-order valence-corrected chi connectivity index (χ0v) is 8.26. The quantitative estimate of drug-likeness (QED) is 0.746. The Balaban J connectivity index is 2.21. The first-order valence-electron chi connectivity index (χ1n) is 4.63. The Morgan fingerprint density at radius 1 is 1.46 bits per heavy atom. The zero-order valence-electron chi connectivity index (χ0n) is 7.44. The van der Waals surface area contributed by atoms with Crippen LogP contribution >= 0.6 is 11.3 Å². The summed E-state index contributed by atoms with van der Waals surface area (Å²) in [6, 6.07) is 0. The van der Waals surface area contributed by atoms with E-state index in [9.17, 15) is 5.11 Å². The molecular weight excluding hydrogens is 182 g/mol. The lowest BCUT2D eigenvalue weighted by Crippen LogP contribution is -2.00. The summed E-state index contributed by atoms with van der Waals surface area (Å²) in [7, 11) is 0. The van der Waals surface area contributed by atoms with E-state index in [1.807, 2.05) is 17.0 Å². The minimum atomic E-state index is -0.265. The topological polar surface area (TPSA) is 33.1 Å². The number of nitrogens with zero attached hydrogens (tertiary/aromatic N) is 1. The Morgan fingerprint density at radius 3 is 3.15 bits per heavy atom. The number of aliphatic hydroxyl groups excluding tert-OH is 1. The van der Waals surface area contributed by atoms with E-state index in [4.69, 9.17) is 0 Å². The van der Waals surface area contributed by atoms with Crippen LogP contribution in [0.25, 0.3) is 5.57 Å². The molecule has 0 aromatic carbocycles. The van der Waals surface area contributed by atoms with Gasteiger partial charge in [0.15, 0.2) is 0 Å². The third-order valence-electron chi connectivity index (χ3n) is 2.35. The van der Waals surface area contributed by atoms with Gasteiger partial charge >= 0.3 is 0 Å². The van der Waals surface area contributed by atoms with E-state index >= 15 is 0 Å². The number of aliphatic hydroxyl groups is 1. The number of allylic oxidation sites excluding steroid dienone is 1. The Morgan fingerprint density at radius 2 is 2.38 bits per heavy atom.